The topological polar surface area (TPSA) is 106 Å². The van der Waals surface area contributed by atoms with Gasteiger partial charge in [0.15, 0.2) is 11.5 Å². The molecule has 0 saturated heterocycles. The molecular weight excluding hydrogens is 466 g/mol. The first-order valence-corrected chi connectivity index (χ1v) is 11.7. The Morgan fingerprint density at radius 3 is 2.06 bits per heavy atom. The van der Waals surface area contributed by atoms with E-state index in [1.807, 2.05) is 18.2 Å². The van der Waals surface area contributed by atoms with E-state index in [-0.39, 0.29) is 23.0 Å². The highest BCUT2D eigenvalue weighted by atomic mass is 32.2. The van der Waals surface area contributed by atoms with Gasteiger partial charge in [-0.05, 0) is 67.6 Å². The minimum Gasteiger partial charge on any atom is -0.493 e. The number of ether oxygens (including phenoxy) is 2. The predicted molar refractivity (Wildman–Crippen MR) is 139 cm³/mol. The first-order valence-electron chi connectivity index (χ1n) is 10.8. The molecule has 3 amide bonds. The van der Waals surface area contributed by atoms with E-state index in [9.17, 15) is 14.4 Å². The zero-order valence-electron chi connectivity index (χ0n) is 19.9. The molecule has 0 aromatic heterocycles. The molecular formula is C26H27N3O5S. The number of thioether (sulfide) groups is 1. The Balaban J connectivity index is 1.60. The monoisotopic (exact) mass is 493 g/mol. The van der Waals surface area contributed by atoms with Gasteiger partial charge in [-0.1, -0.05) is 6.07 Å². The van der Waals surface area contributed by atoms with Crippen LogP contribution in [0.15, 0.2) is 71.6 Å². The lowest BCUT2D eigenvalue weighted by Crippen LogP contribution is -2.22. The van der Waals surface area contributed by atoms with Gasteiger partial charge in [0.2, 0.25) is 11.8 Å². The Labute approximate surface area is 208 Å². The molecule has 1 atom stereocenters. The lowest BCUT2D eigenvalue weighted by molar-refractivity contribution is -0.115. The van der Waals surface area contributed by atoms with Crippen LogP contribution in [-0.2, 0) is 9.59 Å². The first-order chi connectivity index (χ1) is 16.8. The number of hydrogen-bond donors (Lipinski definition) is 3. The largest absolute Gasteiger partial charge is 0.493 e. The van der Waals surface area contributed by atoms with Crippen molar-refractivity contribution < 1.29 is 23.9 Å². The molecule has 3 N–H and O–H groups in total. The van der Waals surface area contributed by atoms with E-state index in [2.05, 4.69) is 16.0 Å². The van der Waals surface area contributed by atoms with Crippen LogP contribution in [0.1, 0.15) is 24.2 Å². The maximum Gasteiger partial charge on any atom is 0.255 e. The van der Waals surface area contributed by atoms with Gasteiger partial charge in [0.05, 0.1) is 19.5 Å². The third-order valence-electron chi connectivity index (χ3n) is 4.89. The average Bonchev–Trinajstić information content (AvgIpc) is 2.84. The van der Waals surface area contributed by atoms with Crippen molar-refractivity contribution in [1.82, 2.24) is 0 Å². The van der Waals surface area contributed by atoms with Crippen LogP contribution < -0.4 is 25.4 Å². The third-order valence-corrected chi connectivity index (χ3v) is 5.99. The van der Waals surface area contributed by atoms with E-state index in [0.717, 1.165) is 4.90 Å². The van der Waals surface area contributed by atoms with Crippen LogP contribution in [0.3, 0.4) is 0 Å². The van der Waals surface area contributed by atoms with E-state index in [1.165, 1.54) is 32.9 Å². The normalized spacial score (nSPS) is 11.2. The Kier molecular flexibility index (Phi) is 8.74. The van der Waals surface area contributed by atoms with Crippen LogP contribution in [0.4, 0.5) is 17.1 Å². The molecule has 0 aliphatic carbocycles. The van der Waals surface area contributed by atoms with Gasteiger partial charge in [-0.15, -0.1) is 11.8 Å². The molecule has 9 heteroatoms. The molecule has 3 rings (SSSR count). The van der Waals surface area contributed by atoms with Gasteiger partial charge in [0, 0.05) is 34.4 Å². The molecule has 0 fully saturated rings. The smallest absolute Gasteiger partial charge is 0.255 e. The van der Waals surface area contributed by atoms with Gasteiger partial charge in [0.1, 0.15) is 0 Å². The number of hydrogen-bond acceptors (Lipinski definition) is 6. The van der Waals surface area contributed by atoms with Crippen LogP contribution in [0.5, 0.6) is 11.5 Å². The number of rotatable bonds is 9. The van der Waals surface area contributed by atoms with Crippen molar-refractivity contribution >= 4 is 46.5 Å². The molecule has 0 bridgehead atoms. The lowest BCUT2D eigenvalue weighted by atomic mass is 10.2. The van der Waals surface area contributed by atoms with Crippen molar-refractivity contribution in [2.24, 2.45) is 0 Å². The average molecular weight is 494 g/mol. The van der Waals surface area contributed by atoms with Crippen molar-refractivity contribution in [3.63, 3.8) is 0 Å². The van der Waals surface area contributed by atoms with E-state index < -0.39 is 0 Å². The van der Waals surface area contributed by atoms with Crippen molar-refractivity contribution in [3.05, 3.63) is 72.3 Å². The quantitative estimate of drug-likeness (QED) is 0.361. The lowest BCUT2D eigenvalue weighted by Gasteiger charge is -2.14. The Hall–Kier alpha value is -3.98. The first kappa shape index (κ1) is 25.6. The van der Waals surface area contributed by atoms with Gasteiger partial charge >= 0.3 is 0 Å². The minimum atomic E-state index is -0.387. The summed E-state index contributed by atoms with van der Waals surface area (Å²) >= 11 is 1.37. The molecule has 3 aromatic carbocycles. The highest BCUT2D eigenvalue weighted by molar-refractivity contribution is 8.00. The summed E-state index contributed by atoms with van der Waals surface area (Å²) in [4.78, 5) is 37.3. The maximum atomic E-state index is 12.7. The molecule has 0 aliphatic heterocycles. The van der Waals surface area contributed by atoms with Crippen LogP contribution >= 0.6 is 11.8 Å². The van der Waals surface area contributed by atoms with Crippen LogP contribution in [-0.4, -0.2) is 37.2 Å². The second kappa shape index (κ2) is 11.9. The van der Waals surface area contributed by atoms with E-state index in [0.29, 0.717) is 34.1 Å². The number of methoxy groups -OCH3 is 2. The van der Waals surface area contributed by atoms with Gasteiger partial charge < -0.3 is 25.4 Å². The molecule has 3 aromatic rings. The zero-order valence-corrected chi connectivity index (χ0v) is 20.7. The summed E-state index contributed by atoms with van der Waals surface area (Å²) in [5.41, 5.74) is 2.33. The van der Waals surface area contributed by atoms with Gasteiger partial charge in [-0.25, -0.2) is 0 Å². The van der Waals surface area contributed by atoms with E-state index in [1.54, 1.807) is 55.5 Å². The Bertz CT molecular complexity index is 1210. The maximum absolute atomic E-state index is 12.7. The van der Waals surface area contributed by atoms with Gasteiger partial charge in [-0.3, -0.25) is 14.4 Å². The second-order valence-electron chi connectivity index (χ2n) is 7.56. The fourth-order valence-electron chi connectivity index (χ4n) is 3.17. The van der Waals surface area contributed by atoms with Crippen LogP contribution in [0.25, 0.3) is 0 Å². The van der Waals surface area contributed by atoms with Crippen molar-refractivity contribution in [1.29, 1.82) is 0 Å². The molecule has 35 heavy (non-hydrogen) atoms. The number of carbonyl (C=O) groups excluding carboxylic acids is 3. The molecule has 8 nitrogen and oxygen atoms in total. The third kappa shape index (κ3) is 7.25. The Morgan fingerprint density at radius 2 is 1.43 bits per heavy atom. The van der Waals surface area contributed by atoms with Gasteiger partial charge in [-0.2, -0.15) is 0 Å². The second-order valence-corrected chi connectivity index (χ2v) is 8.97. The molecule has 182 valence electrons. The fourth-order valence-corrected chi connectivity index (χ4v) is 4.10. The molecule has 0 radical (unpaired) electrons. The summed E-state index contributed by atoms with van der Waals surface area (Å²) in [5.74, 6) is 0.394. The van der Waals surface area contributed by atoms with Crippen molar-refractivity contribution in [2.75, 3.05) is 30.2 Å². The number of carbonyl (C=O) groups is 3. The zero-order chi connectivity index (χ0) is 25.4. The van der Waals surface area contributed by atoms with E-state index in [4.69, 9.17) is 9.47 Å². The standard InChI is InChI=1S/C26H27N3O5S/c1-16(25(31)28-20-11-9-19(10-12-20)27-17(2)30)35-22-7-5-6-21(15-22)29-26(32)18-8-13-23(33-3)24(14-18)34-4/h5-16H,1-4H3,(H,27,30)(H,28,31)(H,29,32). The highest BCUT2D eigenvalue weighted by Crippen LogP contribution is 2.29. The molecule has 0 heterocycles. The summed E-state index contributed by atoms with van der Waals surface area (Å²) in [6, 6.07) is 19.1. The van der Waals surface area contributed by atoms with Gasteiger partial charge in [0.25, 0.3) is 5.91 Å². The molecule has 0 saturated carbocycles. The van der Waals surface area contributed by atoms with Crippen LogP contribution in [0, 0.1) is 0 Å². The van der Waals surface area contributed by atoms with Crippen LogP contribution in [0.2, 0.25) is 0 Å². The predicted octanol–water partition coefficient (Wildman–Crippen LogP) is 5.03. The summed E-state index contributed by atoms with van der Waals surface area (Å²) < 4.78 is 10.5. The highest BCUT2D eigenvalue weighted by Gasteiger charge is 2.16. The molecule has 1 unspecified atom stereocenters. The number of amides is 3. The fraction of sp³-hybridized carbons (Fsp3) is 0.192. The summed E-state index contributed by atoms with van der Waals surface area (Å²) in [6.45, 7) is 3.24. The molecule has 0 spiro atoms. The molecule has 0 aliphatic rings. The Morgan fingerprint density at radius 1 is 0.771 bits per heavy atom. The van der Waals surface area contributed by atoms with E-state index >= 15 is 0 Å². The number of anilines is 3. The summed E-state index contributed by atoms with van der Waals surface area (Å²) in [6.07, 6.45) is 0. The minimum absolute atomic E-state index is 0.158. The summed E-state index contributed by atoms with van der Waals surface area (Å²) in [5, 5.41) is 8.03. The number of nitrogens with one attached hydrogen (secondary N) is 3. The number of benzene rings is 3. The summed E-state index contributed by atoms with van der Waals surface area (Å²) in [7, 11) is 3.05. The van der Waals surface area contributed by atoms with Crippen molar-refractivity contribution in [3.8, 4) is 11.5 Å². The SMILES string of the molecule is COc1ccc(C(=O)Nc2cccc(SC(C)C(=O)Nc3ccc(NC(C)=O)cc3)c2)cc1OC. The van der Waals surface area contributed by atoms with Crippen molar-refractivity contribution in [2.45, 2.75) is 24.0 Å².